The van der Waals surface area contributed by atoms with Crippen LogP contribution in [0.1, 0.15) is 15.9 Å². The summed E-state index contributed by atoms with van der Waals surface area (Å²) in [6.45, 7) is 0.242. The Bertz CT molecular complexity index is 911. The van der Waals surface area contributed by atoms with Crippen LogP contribution in [0.3, 0.4) is 0 Å². The largest absolute Gasteiger partial charge is 0.352 e. The third-order valence-corrected chi connectivity index (χ3v) is 4.57. The zero-order valence-electron chi connectivity index (χ0n) is 13.2. The quantitative estimate of drug-likeness (QED) is 0.622. The Hall–Kier alpha value is -2.81. The summed E-state index contributed by atoms with van der Waals surface area (Å²) in [6.07, 6.45) is 1.31. The lowest BCUT2D eigenvalue weighted by Crippen LogP contribution is -2.25. The molecule has 25 heavy (non-hydrogen) atoms. The molecule has 0 heterocycles. The number of sulfone groups is 1. The first-order valence-corrected chi connectivity index (χ1v) is 9.09. The fraction of sp³-hybridized carbons (Fsp3) is 0.188. The zero-order chi connectivity index (χ0) is 18.6. The molecular weight excluding hydrogens is 351 g/mol. The van der Waals surface area contributed by atoms with Crippen molar-refractivity contribution in [2.24, 2.45) is 0 Å². The number of hydrogen-bond donors (Lipinski definition) is 1. The number of benzene rings is 2. The molecule has 0 bridgehead atoms. The van der Waals surface area contributed by atoms with Gasteiger partial charge >= 0.3 is 0 Å². The molecule has 0 unspecified atom stereocenters. The van der Waals surface area contributed by atoms with Crippen LogP contribution < -0.4 is 5.32 Å². The number of nitro benzene ring substituents is 1. The molecule has 0 spiro atoms. The van der Waals surface area contributed by atoms with Gasteiger partial charge in [-0.25, -0.2) is 12.8 Å². The van der Waals surface area contributed by atoms with E-state index in [1.54, 1.807) is 12.1 Å². The minimum absolute atomic E-state index is 0.0155. The molecule has 0 atom stereocenters. The minimum Gasteiger partial charge on any atom is -0.352 e. The average molecular weight is 366 g/mol. The number of nitrogens with one attached hydrogen (secondary N) is 1. The minimum atomic E-state index is -3.78. The van der Waals surface area contributed by atoms with Gasteiger partial charge in [0.15, 0.2) is 9.84 Å². The predicted octanol–water partition coefficient (Wildman–Crippen LogP) is 2.11. The molecule has 0 aliphatic rings. The van der Waals surface area contributed by atoms with Crippen LogP contribution in [0.2, 0.25) is 0 Å². The van der Waals surface area contributed by atoms with E-state index < -0.39 is 31.3 Å². The van der Waals surface area contributed by atoms with Gasteiger partial charge in [0.2, 0.25) is 0 Å². The van der Waals surface area contributed by atoms with Crippen molar-refractivity contribution in [3.8, 4) is 0 Å². The molecule has 9 heteroatoms. The molecule has 0 aliphatic heterocycles. The highest BCUT2D eigenvalue weighted by Crippen LogP contribution is 2.24. The van der Waals surface area contributed by atoms with Gasteiger partial charge in [-0.3, -0.25) is 14.9 Å². The second kappa shape index (κ2) is 7.39. The normalized spacial score (nSPS) is 11.1. The standard InChI is InChI=1S/C16H15FN2O5S/c1-25(23,24)15-7-4-12(10-14(15)19(21)22)16(20)18-9-8-11-2-5-13(17)6-3-11/h2-7,10H,8-9H2,1H3,(H,18,20). The number of nitrogens with zero attached hydrogens (tertiary/aromatic N) is 1. The molecule has 2 rings (SSSR count). The van der Waals surface area contributed by atoms with Crippen molar-refractivity contribution in [1.29, 1.82) is 0 Å². The summed E-state index contributed by atoms with van der Waals surface area (Å²) in [5, 5.41) is 13.6. The van der Waals surface area contributed by atoms with Crippen LogP contribution in [0.25, 0.3) is 0 Å². The van der Waals surface area contributed by atoms with Gasteiger partial charge in [-0.15, -0.1) is 0 Å². The van der Waals surface area contributed by atoms with E-state index in [0.29, 0.717) is 6.42 Å². The Morgan fingerprint density at radius 2 is 1.84 bits per heavy atom. The smallest absolute Gasteiger partial charge is 0.288 e. The second-order valence-corrected chi connectivity index (χ2v) is 7.33. The maximum absolute atomic E-state index is 12.8. The lowest BCUT2D eigenvalue weighted by molar-refractivity contribution is -0.387. The van der Waals surface area contributed by atoms with Crippen molar-refractivity contribution in [2.45, 2.75) is 11.3 Å². The number of nitro groups is 1. The molecule has 2 aromatic rings. The van der Waals surface area contributed by atoms with Crippen LogP contribution in [-0.4, -0.2) is 32.0 Å². The Labute approximate surface area is 143 Å². The first-order valence-electron chi connectivity index (χ1n) is 7.19. The Balaban J connectivity index is 2.10. The van der Waals surface area contributed by atoms with Crippen LogP contribution in [0.15, 0.2) is 47.4 Å². The maximum atomic E-state index is 12.8. The van der Waals surface area contributed by atoms with Gasteiger partial charge in [0, 0.05) is 24.4 Å². The number of halogens is 1. The van der Waals surface area contributed by atoms with E-state index in [-0.39, 0.29) is 17.9 Å². The van der Waals surface area contributed by atoms with Crippen molar-refractivity contribution in [3.63, 3.8) is 0 Å². The van der Waals surface area contributed by atoms with E-state index in [1.165, 1.54) is 18.2 Å². The van der Waals surface area contributed by atoms with Crippen molar-refractivity contribution < 1.29 is 22.5 Å². The SMILES string of the molecule is CS(=O)(=O)c1ccc(C(=O)NCCc2ccc(F)cc2)cc1[N+](=O)[O-]. The summed E-state index contributed by atoms with van der Waals surface area (Å²) in [5.41, 5.74) is 0.159. The summed E-state index contributed by atoms with van der Waals surface area (Å²) in [7, 11) is -3.78. The van der Waals surface area contributed by atoms with Gasteiger partial charge in [-0.2, -0.15) is 0 Å². The van der Waals surface area contributed by atoms with E-state index in [9.17, 15) is 27.7 Å². The summed E-state index contributed by atoms with van der Waals surface area (Å²) in [5.74, 6) is -0.920. The third-order valence-electron chi connectivity index (χ3n) is 3.43. The molecule has 7 nitrogen and oxygen atoms in total. The van der Waals surface area contributed by atoms with Crippen LogP contribution in [-0.2, 0) is 16.3 Å². The first kappa shape index (κ1) is 18.5. The fourth-order valence-electron chi connectivity index (χ4n) is 2.19. The van der Waals surface area contributed by atoms with Gasteiger partial charge in [0.1, 0.15) is 10.7 Å². The van der Waals surface area contributed by atoms with E-state index in [4.69, 9.17) is 0 Å². The van der Waals surface area contributed by atoms with E-state index in [1.807, 2.05) is 0 Å². The second-order valence-electron chi connectivity index (χ2n) is 5.34. The summed E-state index contributed by atoms with van der Waals surface area (Å²) in [6, 6.07) is 9.00. The molecule has 0 saturated heterocycles. The monoisotopic (exact) mass is 366 g/mol. The highest BCUT2D eigenvalue weighted by atomic mass is 32.2. The van der Waals surface area contributed by atoms with Crippen LogP contribution in [0, 0.1) is 15.9 Å². The molecule has 2 aromatic carbocycles. The molecule has 1 amide bonds. The lowest BCUT2D eigenvalue weighted by Gasteiger charge is -2.07. The van der Waals surface area contributed by atoms with E-state index in [2.05, 4.69) is 5.32 Å². The van der Waals surface area contributed by atoms with Crippen LogP contribution in [0.5, 0.6) is 0 Å². The van der Waals surface area contributed by atoms with Gasteiger partial charge in [-0.05, 0) is 36.2 Å². The Morgan fingerprint density at radius 3 is 2.40 bits per heavy atom. The Morgan fingerprint density at radius 1 is 1.20 bits per heavy atom. The van der Waals surface area contributed by atoms with Gasteiger partial charge in [0.25, 0.3) is 11.6 Å². The highest BCUT2D eigenvalue weighted by molar-refractivity contribution is 7.90. The lowest BCUT2D eigenvalue weighted by atomic mass is 10.1. The molecule has 132 valence electrons. The van der Waals surface area contributed by atoms with Crippen LogP contribution in [0.4, 0.5) is 10.1 Å². The van der Waals surface area contributed by atoms with Gasteiger partial charge in [-0.1, -0.05) is 12.1 Å². The van der Waals surface area contributed by atoms with Crippen molar-refractivity contribution in [3.05, 3.63) is 69.5 Å². The van der Waals surface area contributed by atoms with Gasteiger partial charge in [0.05, 0.1) is 4.92 Å². The third kappa shape index (κ3) is 4.83. The van der Waals surface area contributed by atoms with Crippen molar-refractivity contribution in [1.82, 2.24) is 5.32 Å². The van der Waals surface area contributed by atoms with Crippen LogP contribution >= 0.6 is 0 Å². The molecule has 0 radical (unpaired) electrons. The number of rotatable bonds is 6. The molecule has 0 saturated carbocycles. The van der Waals surface area contributed by atoms with E-state index >= 15 is 0 Å². The molecule has 0 fully saturated rings. The number of amides is 1. The average Bonchev–Trinajstić information content (AvgIpc) is 2.55. The highest BCUT2D eigenvalue weighted by Gasteiger charge is 2.23. The number of carbonyl (C=O) groups excluding carboxylic acids is 1. The fourth-order valence-corrected chi connectivity index (χ4v) is 3.02. The van der Waals surface area contributed by atoms with E-state index in [0.717, 1.165) is 24.0 Å². The van der Waals surface area contributed by atoms with Crippen molar-refractivity contribution in [2.75, 3.05) is 12.8 Å². The molecule has 0 aromatic heterocycles. The molecular formula is C16H15FN2O5S. The zero-order valence-corrected chi connectivity index (χ0v) is 14.0. The molecule has 0 aliphatic carbocycles. The summed E-state index contributed by atoms with van der Waals surface area (Å²) in [4.78, 5) is 21.8. The molecule has 1 N–H and O–H groups in total. The summed E-state index contributed by atoms with van der Waals surface area (Å²) < 4.78 is 35.9. The number of hydrogen-bond acceptors (Lipinski definition) is 5. The first-order chi connectivity index (χ1) is 11.7. The predicted molar refractivity (Wildman–Crippen MR) is 88.6 cm³/mol. The number of carbonyl (C=O) groups is 1. The Kier molecular flexibility index (Phi) is 5.48. The van der Waals surface area contributed by atoms with Crippen molar-refractivity contribution >= 4 is 21.4 Å². The maximum Gasteiger partial charge on any atom is 0.288 e. The van der Waals surface area contributed by atoms with Gasteiger partial charge < -0.3 is 5.32 Å². The topological polar surface area (TPSA) is 106 Å². The summed E-state index contributed by atoms with van der Waals surface area (Å²) >= 11 is 0.